The van der Waals surface area contributed by atoms with Crippen molar-refractivity contribution in [2.75, 3.05) is 0 Å². The average Bonchev–Trinajstić information content (AvgIpc) is 1.80. The SMILES string of the molecule is C=CCC(CC)[Si](C)(C)C. The van der Waals surface area contributed by atoms with Gasteiger partial charge >= 0.3 is 0 Å². The van der Waals surface area contributed by atoms with Crippen LogP contribution in [0.4, 0.5) is 0 Å². The zero-order chi connectivity index (χ0) is 8.20. The molecule has 0 N–H and O–H groups in total. The van der Waals surface area contributed by atoms with Gasteiger partial charge in [-0.15, -0.1) is 6.58 Å². The smallest absolute Gasteiger partial charge is 0.0476 e. The molecule has 0 bridgehead atoms. The molecular formula is C9H20Si. The highest BCUT2D eigenvalue weighted by atomic mass is 28.3. The van der Waals surface area contributed by atoms with E-state index in [2.05, 4.69) is 39.2 Å². The number of hydrogen-bond acceptors (Lipinski definition) is 0. The first kappa shape index (κ1) is 9.96. The predicted molar refractivity (Wildman–Crippen MR) is 52.2 cm³/mol. The van der Waals surface area contributed by atoms with Gasteiger partial charge in [0.2, 0.25) is 0 Å². The molecule has 1 unspecified atom stereocenters. The van der Waals surface area contributed by atoms with Crippen molar-refractivity contribution in [3.8, 4) is 0 Å². The molecule has 0 fully saturated rings. The van der Waals surface area contributed by atoms with Gasteiger partial charge in [0.25, 0.3) is 0 Å². The molecule has 0 saturated heterocycles. The molecule has 60 valence electrons. The number of rotatable bonds is 4. The summed E-state index contributed by atoms with van der Waals surface area (Å²) in [6, 6.07) is 0. The van der Waals surface area contributed by atoms with Gasteiger partial charge in [0.1, 0.15) is 0 Å². The molecule has 0 aliphatic heterocycles. The lowest BCUT2D eigenvalue weighted by Gasteiger charge is -2.26. The second kappa shape index (κ2) is 3.97. The van der Waals surface area contributed by atoms with Crippen LogP contribution in [0.5, 0.6) is 0 Å². The van der Waals surface area contributed by atoms with Crippen LogP contribution in [0.3, 0.4) is 0 Å². The number of hydrogen-bond donors (Lipinski definition) is 0. The van der Waals surface area contributed by atoms with Gasteiger partial charge in [0, 0.05) is 8.07 Å². The van der Waals surface area contributed by atoms with Gasteiger partial charge in [0.05, 0.1) is 0 Å². The van der Waals surface area contributed by atoms with Crippen LogP contribution < -0.4 is 0 Å². The largest absolute Gasteiger partial charge is 0.103 e. The van der Waals surface area contributed by atoms with Gasteiger partial charge < -0.3 is 0 Å². The van der Waals surface area contributed by atoms with Gasteiger partial charge in [-0.1, -0.05) is 39.1 Å². The van der Waals surface area contributed by atoms with Crippen LogP contribution in [0.15, 0.2) is 12.7 Å². The van der Waals surface area contributed by atoms with E-state index in [1.54, 1.807) is 0 Å². The molecule has 0 aliphatic carbocycles. The first-order chi connectivity index (χ1) is 4.52. The molecule has 0 saturated carbocycles. The Kier molecular flexibility index (Phi) is 3.95. The van der Waals surface area contributed by atoms with Crippen LogP contribution in [0.25, 0.3) is 0 Å². The second-order valence-electron chi connectivity index (χ2n) is 4.00. The zero-order valence-electron chi connectivity index (χ0n) is 7.78. The summed E-state index contributed by atoms with van der Waals surface area (Å²) in [5.41, 5.74) is 0.935. The highest BCUT2D eigenvalue weighted by molar-refractivity contribution is 6.77. The lowest BCUT2D eigenvalue weighted by molar-refractivity contribution is 0.778. The van der Waals surface area contributed by atoms with E-state index in [1.807, 2.05) is 0 Å². The summed E-state index contributed by atoms with van der Waals surface area (Å²) >= 11 is 0. The Balaban J connectivity index is 3.92. The summed E-state index contributed by atoms with van der Waals surface area (Å²) in [5, 5.41) is 0. The van der Waals surface area contributed by atoms with Gasteiger partial charge in [-0.3, -0.25) is 0 Å². The molecule has 1 heteroatoms. The van der Waals surface area contributed by atoms with Crippen LogP contribution in [0.1, 0.15) is 19.8 Å². The molecule has 0 rings (SSSR count). The van der Waals surface area contributed by atoms with E-state index in [-0.39, 0.29) is 0 Å². The Morgan fingerprint density at radius 2 is 1.90 bits per heavy atom. The molecule has 0 aliphatic rings. The Labute approximate surface area is 66.4 Å². The summed E-state index contributed by atoms with van der Waals surface area (Å²) in [6.45, 7) is 13.4. The quantitative estimate of drug-likeness (QED) is 0.430. The van der Waals surface area contributed by atoms with Crippen LogP contribution in [0, 0.1) is 0 Å². The van der Waals surface area contributed by atoms with Crippen molar-refractivity contribution < 1.29 is 0 Å². The Morgan fingerprint density at radius 1 is 1.40 bits per heavy atom. The van der Waals surface area contributed by atoms with E-state index in [0.717, 1.165) is 5.54 Å². The van der Waals surface area contributed by atoms with E-state index < -0.39 is 8.07 Å². The molecular weight excluding hydrogens is 136 g/mol. The lowest BCUT2D eigenvalue weighted by Crippen LogP contribution is -2.27. The van der Waals surface area contributed by atoms with Crippen molar-refractivity contribution in [1.29, 1.82) is 0 Å². The summed E-state index contributed by atoms with van der Waals surface area (Å²) in [6.07, 6.45) is 4.60. The maximum absolute atomic E-state index is 3.78. The van der Waals surface area contributed by atoms with Crippen LogP contribution in [-0.4, -0.2) is 8.07 Å². The third-order valence-corrected chi connectivity index (χ3v) is 5.26. The number of allylic oxidation sites excluding steroid dienone is 1. The average molecular weight is 156 g/mol. The zero-order valence-corrected chi connectivity index (χ0v) is 8.78. The van der Waals surface area contributed by atoms with Gasteiger partial charge in [-0.05, 0) is 12.0 Å². The Hall–Kier alpha value is -0.0431. The summed E-state index contributed by atoms with van der Waals surface area (Å²) in [7, 11) is -0.879. The molecule has 1 atom stereocenters. The van der Waals surface area contributed by atoms with Crippen molar-refractivity contribution in [3.05, 3.63) is 12.7 Å². The monoisotopic (exact) mass is 156 g/mol. The van der Waals surface area contributed by atoms with E-state index in [1.165, 1.54) is 12.8 Å². The maximum Gasteiger partial charge on any atom is 0.0476 e. The molecule has 10 heavy (non-hydrogen) atoms. The predicted octanol–water partition coefficient (Wildman–Crippen LogP) is 3.68. The molecule has 0 nitrogen and oxygen atoms in total. The highest BCUT2D eigenvalue weighted by Gasteiger charge is 2.23. The second-order valence-corrected chi connectivity index (χ2v) is 9.54. The normalized spacial score (nSPS) is 14.8. The van der Waals surface area contributed by atoms with E-state index in [4.69, 9.17) is 0 Å². The van der Waals surface area contributed by atoms with E-state index in [0.29, 0.717) is 0 Å². The molecule has 0 radical (unpaired) electrons. The van der Waals surface area contributed by atoms with Gasteiger partial charge in [-0.2, -0.15) is 0 Å². The van der Waals surface area contributed by atoms with Crippen molar-refractivity contribution in [2.24, 2.45) is 0 Å². The fourth-order valence-electron chi connectivity index (χ4n) is 1.33. The van der Waals surface area contributed by atoms with Gasteiger partial charge in [-0.25, -0.2) is 0 Å². The third kappa shape index (κ3) is 3.21. The molecule has 0 spiro atoms. The molecule has 0 aromatic heterocycles. The van der Waals surface area contributed by atoms with Crippen molar-refractivity contribution >= 4 is 8.07 Å². The Morgan fingerprint density at radius 3 is 2.00 bits per heavy atom. The topological polar surface area (TPSA) is 0 Å². The highest BCUT2D eigenvalue weighted by Crippen LogP contribution is 2.28. The summed E-state index contributed by atoms with van der Waals surface area (Å²) in [4.78, 5) is 0. The minimum atomic E-state index is -0.879. The molecule has 0 amide bonds. The third-order valence-electron chi connectivity index (χ3n) is 2.17. The van der Waals surface area contributed by atoms with E-state index >= 15 is 0 Å². The van der Waals surface area contributed by atoms with Crippen molar-refractivity contribution in [1.82, 2.24) is 0 Å². The minimum Gasteiger partial charge on any atom is -0.103 e. The van der Waals surface area contributed by atoms with Gasteiger partial charge in [0.15, 0.2) is 0 Å². The summed E-state index contributed by atoms with van der Waals surface area (Å²) in [5.74, 6) is 0. The summed E-state index contributed by atoms with van der Waals surface area (Å²) < 4.78 is 0. The van der Waals surface area contributed by atoms with Crippen LogP contribution >= 0.6 is 0 Å². The molecule has 0 aromatic carbocycles. The first-order valence-corrected chi connectivity index (χ1v) is 7.71. The van der Waals surface area contributed by atoms with Crippen molar-refractivity contribution in [3.63, 3.8) is 0 Å². The van der Waals surface area contributed by atoms with Crippen LogP contribution in [-0.2, 0) is 0 Å². The maximum atomic E-state index is 3.78. The fourth-order valence-corrected chi connectivity index (χ4v) is 3.43. The lowest BCUT2D eigenvalue weighted by atomic mass is 10.2. The molecule has 0 aromatic rings. The molecule has 0 heterocycles. The van der Waals surface area contributed by atoms with Crippen LogP contribution in [0.2, 0.25) is 25.2 Å². The Bertz CT molecular complexity index is 99.8. The standard InChI is InChI=1S/C9H20Si/c1-6-8-9(7-2)10(3,4)5/h6,9H,1,7-8H2,2-5H3. The van der Waals surface area contributed by atoms with E-state index in [9.17, 15) is 0 Å². The fraction of sp³-hybridized carbons (Fsp3) is 0.778. The minimum absolute atomic E-state index is 0.879. The van der Waals surface area contributed by atoms with Crippen molar-refractivity contribution in [2.45, 2.75) is 44.9 Å². The first-order valence-electron chi connectivity index (χ1n) is 4.13.